The standard InChI is InChI=1S/C20H22FN3O4/c1-14(15-3-5-16(21)6-4-15)22(2)20(25)18-13-17(24(26)27)7-8-19(18)23-9-11-28-12-10-23/h3-8,13-14H,9-12H2,1-2H3. The first-order valence-electron chi connectivity index (χ1n) is 9.02. The molecule has 0 bridgehead atoms. The Morgan fingerprint density at radius 3 is 2.46 bits per heavy atom. The Morgan fingerprint density at radius 1 is 1.21 bits per heavy atom. The van der Waals surface area contributed by atoms with E-state index in [0.29, 0.717) is 32.0 Å². The van der Waals surface area contributed by atoms with Gasteiger partial charge in [0.15, 0.2) is 0 Å². The average Bonchev–Trinajstić information content (AvgIpc) is 2.73. The lowest BCUT2D eigenvalue weighted by Crippen LogP contribution is -2.38. The number of hydrogen-bond acceptors (Lipinski definition) is 5. The molecule has 8 heteroatoms. The number of anilines is 1. The van der Waals surface area contributed by atoms with Crippen molar-refractivity contribution in [2.75, 3.05) is 38.3 Å². The number of ether oxygens (including phenoxy) is 1. The van der Waals surface area contributed by atoms with Gasteiger partial charge in [0.1, 0.15) is 5.82 Å². The summed E-state index contributed by atoms with van der Waals surface area (Å²) >= 11 is 0. The van der Waals surface area contributed by atoms with E-state index in [1.807, 2.05) is 11.8 Å². The zero-order valence-corrected chi connectivity index (χ0v) is 15.8. The molecule has 0 aromatic heterocycles. The van der Waals surface area contributed by atoms with E-state index in [4.69, 9.17) is 4.74 Å². The number of non-ortho nitro benzene ring substituents is 1. The lowest BCUT2D eigenvalue weighted by Gasteiger charge is -2.32. The van der Waals surface area contributed by atoms with Crippen molar-refractivity contribution in [1.82, 2.24) is 4.90 Å². The smallest absolute Gasteiger partial charge is 0.270 e. The van der Waals surface area contributed by atoms with Crippen LogP contribution < -0.4 is 4.90 Å². The number of morpholine rings is 1. The van der Waals surface area contributed by atoms with Gasteiger partial charge in [-0.3, -0.25) is 14.9 Å². The summed E-state index contributed by atoms with van der Waals surface area (Å²) in [4.78, 5) is 27.5. The van der Waals surface area contributed by atoms with Crippen LogP contribution in [0.4, 0.5) is 15.8 Å². The molecule has 1 unspecified atom stereocenters. The average molecular weight is 387 g/mol. The van der Waals surface area contributed by atoms with Crippen molar-refractivity contribution in [2.45, 2.75) is 13.0 Å². The van der Waals surface area contributed by atoms with Crippen LogP contribution in [-0.4, -0.2) is 49.1 Å². The van der Waals surface area contributed by atoms with Gasteiger partial charge in [-0.2, -0.15) is 0 Å². The molecule has 2 aromatic rings. The topological polar surface area (TPSA) is 75.9 Å². The van der Waals surface area contributed by atoms with Gasteiger partial charge in [0.25, 0.3) is 11.6 Å². The van der Waals surface area contributed by atoms with E-state index in [1.54, 1.807) is 25.2 Å². The predicted molar refractivity (Wildman–Crippen MR) is 103 cm³/mol. The second-order valence-corrected chi connectivity index (χ2v) is 6.70. The van der Waals surface area contributed by atoms with E-state index in [0.717, 1.165) is 5.56 Å². The SMILES string of the molecule is CC(c1ccc(F)cc1)N(C)C(=O)c1cc([N+](=O)[O-])ccc1N1CCOCC1. The molecule has 0 aliphatic carbocycles. The summed E-state index contributed by atoms with van der Waals surface area (Å²) in [5.41, 5.74) is 1.56. The third kappa shape index (κ3) is 4.12. The number of halogens is 1. The van der Waals surface area contributed by atoms with Crippen molar-refractivity contribution >= 4 is 17.3 Å². The summed E-state index contributed by atoms with van der Waals surface area (Å²) in [5.74, 6) is -0.680. The van der Waals surface area contributed by atoms with Crippen LogP contribution in [0.3, 0.4) is 0 Å². The summed E-state index contributed by atoms with van der Waals surface area (Å²) in [6.45, 7) is 4.11. The quantitative estimate of drug-likeness (QED) is 0.581. The van der Waals surface area contributed by atoms with E-state index in [-0.39, 0.29) is 29.0 Å². The van der Waals surface area contributed by atoms with Crippen LogP contribution in [0.2, 0.25) is 0 Å². The molecule has 0 saturated carbocycles. The minimum Gasteiger partial charge on any atom is -0.378 e. The molecule has 1 amide bonds. The molecule has 1 aliphatic rings. The molecule has 1 fully saturated rings. The van der Waals surface area contributed by atoms with E-state index < -0.39 is 4.92 Å². The molecule has 1 heterocycles. The normalized spacial score (nSPS) is 15.2. The van der Waals surface area contributed by atoms with Gasteiger partial charge in [-0.25, -0.2) is 4.39 Å². The first kappa shape index (κ1) is 19.8. The van der Waals surface area contributed by atoms with Crippen molar-refractivity contribution < 1.29 is 18.8 Å². The molecule has 2 aromatic carbocycles. The third-order valence-corrected chi connectivity index (χ3v) is 5.03. The maximum absolute atomic E-state index is 13.2. The Labute approximate surface area is 162 Å². The van der Waals surface area contributed by atoms with E-state index in [1.165, 1.54) is 29.2 Å². The zero-order chi connectivity index (χ0) is 20.3. The van der Waals surface area contributed by atoms with Gasteiger partial charge in [-0.15, -0.1) is 0 Å². The second-order valence-electron chi connectivity index (χ2n) is 6.70. The van der Waals surface area contributed by atoms with Crippen LogP contribution in [0.15, 0.2) is 42.5 Å². The lowest BCUT2D eigenvalue weighted by molar-refractivity contribution is -0.384. The number of nitro benzene ring substituents is 1. The number of carbonyl (C=O) groups is 1. The van der Waals surface area contributed by atoms with Gasteiger partial charge < -0.3 is 14.5 Å². The number of nitrogens with zero attached hydrogens (tertiary/aromatic N) is 3. The third-order valence-electron chi connectivity index (χ3n) is 5.03. The van der Waals surface area contributed by atoms with Crippen molar-refractivity contribution in [2.24, 2.45) is 0 Å². The monoisotopic (exact) mass is 387 g/mol. The molecule has 28 heavy (non-hydrogen) atoms. The van der Waals surface area contributed by atoms with E-state index >= 15 is 0 Å². The molecule has 1 atom stereocenters. The number of benzene rings is 2. The fourth-order valence-corrected chi connectivity index (χ4v) is 3.22. The Bertz CT molecular complexity index is 866. The maximum atomic E-state index is 13.2. The minimum atomic E-state index is -0.511. The van der Waals surface area contributed by atoms with Crippen LogP contribution in [-0.2, 0) is 4.74 Å². The maximum Gasteiger partial charge on any atom is 0.270 e. The minimum absolute atomic E-state index is 0.136. The summed E-state index contributed by atoms with van der Waals surface area (Å²) < 4.78 is 18.6. The fraction of sp³-hybridized carbons (Fsp3) is 0.350. The molecular formula is C20H22FN3O4. The number of nitro groups is 1. The molecule has 3 rings (SSSR count). The highest BCUT2D eigenvalue weighted by Gasteiger charge is 2.26. The highest BCUT2D eigenvalue weighted by atomic mass is 19.1. The molecule has 0 spiro atoms. The number of carbonyl (C=O) groups excluding carboxylic acids is 1. The second kappa shape index (κ2) is 8.35. The summed E-state index contributed by atoms with van der Waals surface area (Å²) in [6.07, 6.45) is 0. The molecule has 0 radical (unpaired) electrons. The fourth-order valence-electron chi connectivity index (χ4n) is 3.22. The van der Waals surface area contributed by atoms with Gasteiger partial charge in [-0.05, 0) is 30.7 Å². The summed E-state index contributed by atoms with van der Waals surface area (Å²) in [5, 5.41) is 11.2. The Balaban J connectivity index is 1.94. The molecule has 0 N–H and O–H groups in total. The molecule has 148 valence electrons. The van der Waals surface area contributed by atoms with Crippen molar-refractivity contribution in [3.8, 4) is 0 Å². The van der Waals surface area contributed by atoms with Crippen molar-refractivity contribution in [3.05, 3.63) is 69.5 Å². The molecule has 1 aliphatic heterocycles. The van der Waals surface area contributed by atoms with Crippen LogP contribution in [0.1, 0.15) is 28.9 Å². The van der Waals surface area contributed by atoms with Crippen molar-refractivity contribution in [1.29, 1.82) is 0 Å². The van der Waals surface area contributed by atoms with E-state index in [9.17, 15) is 19.3 Å². The number of hydrogen-bond donors (Lipinski definition) is 0. The zero-order valence-electron chi connectivity index (χ0n) is 15.8. The Morgan fingerprint density at radius 2 is 1.86 bits per heavy atom. The van der Waals surface area contributed by atoms with Crippen LogP contribution >= 0.6 is 0 Å². The Kier molecular flexibility index (Phi) is 5.89. The van der Waals surface area contributed by atoms with Crippen LogP contribution in [0.25, 0.3) is 0 Å². The van der Waals surface area contributed by atoms with Gasteiger partial charge >= 0.3 is 0 Å². The van der Waals surface area contributed by atoms with Crippen molar-refractivity contribution in [3.63, 3.8) is 0 Å². The summed E-state index contributed by atoms with van der Waals surface area (Å²) in [7, 11) is 1.64. The number of amides is 1. The largest absolute Gasteiger partial charge is 0.378 e. The lowest BCUT2D eigenvalue weighted by atomic mass is 10.0. The highest BCUT2D eigenvalue weighted by Crippen LogP contribution is 2.30. The van der Waals surface area contributed by atoms with E-state index in [2.05, 4.69) is 0 Å². The van der Waals surface area contributed by atoms with Gasteiger partial charge in [0.05, 0.1) is 35.4 Å². The molecule has 1 saturated heterocycles. The molecule has 7 nitrogen and oxygen atoms in total. The predicted octanol–water partition coefficient (Wildman–Crippen LogP) is 3.40. The highest BCUT2D eigenvalue weighted by molar-refractivity contribution is 6.00. The van der Waals surface area contributed by atoms with Gasteiger partial charge in [0.2, 0.25) is 0 Å². The number of rotatable bonds is 5. The molecular weight excluding hydrogens is 365 g/mol. The first-order valence-corrected chi connectivity index (χ1v) is 9.02. The summed E-state index contributed by atoms with van der Waals surface area (Å²) in [6, 6.07) is 9.96. The Hall–Kier alpha value is -3.00. The van der Waals surface area contributed by atoms with Crippen LogP contribution in [0.5, 0.6) is 0 Å². The van der Waals surface area contributed by atoms with Crippen LogP contribution in [0, 0.1) is 15.9 Å². The van der Waals surface area contributed by atoms with Gasteiger partial charge in [-0.1, -0.05) is 12.1 Å². The van der Waals surface area contributed by atoms with Gasteiger partial charge in [0, 0.05) is 32.3 Å². The first-order chi connectivity index (χ1) is 13.4.